The molecule has 0 radical (unpaired) electrons. The summed E-state index contributed by atoms with van der Waals surface area (Å²) in [6.07, 6.45) is 2.32. The van der Waals surface area contributed by atoms with E-state index in [1.807, 2.05) is 25.2 Å². The molecule has 0 unspecified atom stereocenters. The maximum Gasteiger partial charge on any atom is 0.320 e. The second kappa shape index (κ2) is 8.53. The van der Waals surface area contributed by atoms with Crippen molar-refractivity contribution in [1.29, 1.82) is 0 Å². The molecule has 1 aliphatic rings. The number of hydrogen-bond donors (Lipinski definition) is 2. The number of benzene rings is 1. The zero-order valence-corrected chi connectivity index (χ0v) is 13.6. The zero-order chi connectivity index (χ0) is 16.7. The van der Waals surface area contributed by atoms with Crippen molar-refractivity contribution in [3.8, 4) is 0 Å². The highest BCUT2D eigenvalue weighted by atomic mass is 16.4. The molecule has 1 atom stereocenters. The van der Waals surface area contributed by atoms with Gasteiger partial charge in [0.2, 0.25) is 5.91 Å². The lowest BCUT2D eigenvalue weighted by atomic mass is 10.2. The van der Waals surface area contributed by atoms with Crippen LogP contribution >= 0.6 is 0 Å². The fourth-order valence-electron chi connectivity index (χ4n) is 2.89. The summed E-state index contributed by atoms with van der Waals surface area (Å²) in [5.74, 6) is -0.930. The average molecular weight is 319 g/mol. The Morgan fingerprint density at radius 3 is 2.78 bits per heavy atom. The highest BCUT2D eigenvalue weighted by Gasteiger charge is 2.31. The molecule has 23 heavy (non-hydrogen) atoms. The van der Waals surface area contributed by atoms with Crippen LogP contribution in [0.1, 0.15) is 19.3 Å². The number of anilines is 1. The molecule has 0 bridgehead atoms. The Hall–Kier alpha value is -2.08. The van der Waals surface area contributed by atoms with E-state index < -0.39 is 12.0 Å². The maximum atomic E-state index is 11.9. The highest BCUT2D eigenvalue weighted by Crippen LogP contribution is 2.16. The molecule has 1 aromatic carbocycles. The first-order chi connectivity index (χ1) is 11.1. The van der Waals surface area contributed by atoms with Crippen LogP contribution < -0.4 is 10.2 Å². The van der Waals surface area contributed by atoms with Crippen molar-refractivity contribution < 1.29 is 14.7 Å². The van der Waals surface area contributed by atoms with Gasteiger partial charge in [-0.2, -0.15) is 0 Å². The van der Waals surface area contributed by atoms with Crippen molar-refractivity contribution in [3.05, 3.63) is 30.3 Å². The number of likely N-dealkylation sites (tertiary alicyclic amines) is 1. The minimum atomic E-state index is -0.834. The van der Waals surface area contributed by atoms with Gasteiger partial charge in [0, 0.05) is 25.8 Å². The zero-order valence-electron chi connectivity index (χ0n) is 13.6. The van der Waals surface area contributed by atoms with Crippen LogP contribution in [0, 0.1) is 0 Å². The van der Waals surface area contributed by atoms with Gasteiger partial charge in [-0.25, -0.2) is 0 Å². The topological polar surface area (TPSA) is 72.9 Å². The lowest BCUT2D eigenvalue weighted by molar-refractivity contribution is -0.142. The van der Waals surface area contributed by atoms with Crippen molar-refractivity contribution in [3.63, 3.8) is 0 Å². The number of amides is 1. The monoisotopic (exact) mass is 319 g/mol. The standard InChI is InChI=1S/C17H25N3O3/c1-19(14-7-3-2-4-8-14)11-6-10-18-16(21)13-20-12-5-9-15(20)17(22)23/h2-4,7-8,15H,5-6,9-13H2,1H3,(H,18,21)(H,22,23)/t15-/m1/s1. The molecule has 6 nitrogen and oxygen atoms in total. The molecule has 0 saturated carbocycles. The van der Waals surface area contributed by atoms with Crippen LogP contribution in [-0.4, -0.2) is 61.2 Å². The molecule has 0 aliphatic carbocycles. The molecule has 1 saturated heterocycles. The number of carbonyl (C=O) groups excluding carboxylic acids is 1. The van der Waals surface area contributed by atoms with Crippen LogP contribution in [0.4, 0.5) is 5.69 Å². The Bertz CT molecular complexity index is 521. The molecule has 1 aromatic rings. The molecule has 6 heteroatoms. The summed E-state index contributed by atoms with van der Waals surface area (Å²) in [4.78, 5) is 26.9. The fourth-order valence-corrected chi connectivity index (χ4v) is 2.89. The second-order valence-electron chi connectivity index (χ2n) is 5.93. The molecule has 2 N–H and O–H groups in total. The van der Waals surface area contributed by atoms with Gasteiger partial charge >= 0.3 is 5.97 Å². The van der Waals surface area contributed by atoms with E-state index in [1.54, 1.807) is 4.90 Å². The number of aliphatic carboxylic acids is 1. The summed E-state index contributed by atoms with van der Waals surface area (Å²) in [6.45, 7) is 2.31. The summed E-state index contributed by atoms with van der Waals surface area (Å²) >= 11 is 0. The summed E-state index contributed by atoms with van der Waals surface area (Å²) in [7, 11) is 2.03. The lowest BCUT2D eigenvalue weighted by Crippen LogP contribution is -2.43. The Morgan fingerprint density at radius 2 is 2.09 bits per heavy atom. The third kappa shape index (κ3) is 5.25. The number of para-hydroxylation sites is 1. The van der Waals surface area contributed by atoms with Crippen molar-refractivity contribution >= 4 is 17.6 Å². The van der Waals surface area contributed by atoms with Gasteiger partial charge in [-0.3, -0.25) is 14.5 Å². The summed E-state index contributed by atoms with van der Waals surface area (Å²) in [5, 5.41) is 12.0. The number of carboxylic acids is 1. The predicted molar refractivity (Wildman–Crippen MR) is 89.6 cm³/mol. The van der Waals surface area contributed by atoms with Gasteiger partial charge in [0.25, 0.3) is 0 Å². The van der Waals surface area contributed by atoms with Gasteiger partial charge in [0.1, 0.15) is 6.04 Å². The van der Waals surface area contributed by atoms with E-state index in [2.05, 4.69) is 22.3 Å². The molecule has 0 spiro atoms. The van der Waals surface area contributed by atoms with E-state index in [-0.39, 0.29) is 12.5 Å². The van der Waals surface area contributed by atoms with Crippen LogP contribution in [0.15, 0.2) is 30.3 Å². The van der Waals surface area contributed by atoms with Gasteiger partial charge in [-0.1, -0.05) is 18.2 Å². The van der Waals surface area contributed by atoms with Crippen molar-refractivity contribution in [2.75, 3.05) is 38.1 Å². The number of hydrogen-bond acceptors (Lipinski definition) is 4. The fraction of sp³-hybridized carbons (Fsp3) is 0.529. The Kier molecular flexibility index (Phi) is 6.40. The third-order valence-electron chi connectivity index (χ3n) is 4.18. The molecule has 0 aromatic heterocycles. The van der Waals surface area contributed by atoms with Crippen LogP contribution in [-0.2, 0) is 9.59 Å². The van der Waals surface area contributed by atoms with Crippen molar-refractivity contribution in [2.45, 2.75) is 25.3 Å². The predicted octanol–water partition coefficient (Wildman–Crippen LogP) is 1.18. The quantitative estimate of drug-likeness (QED) is 0.704. The minimum absolute atomic E-state index is 0.0967. The lowest BCUT2D eigenvalue weighted by Gasteiger charge is -2.21. The molecular weight excluding hydrogens is 294 g/mol. The van der Waals surface area contributed by atoms with E-state index in [0.29, 0.717) is 19.5 Å². The van der Waals surface area contributed by atoms with Crippen molar-refractivity contribution in [1.82, 2.24) is 10.2 Å². The van der Waals surface area contributed by atoms with Gasteiger partial charge in [0.15, 0.2) is 0 Å². The molecule has 1 fully saturated rings. The second-order valence-corrected chi connectivity index (χ2v) is 5.93. The van der Waals surface area contributed by atoms with Crippen LogP contribution in [0.5, 0.6) is 0 Å². The largest absolute Gasteiger partial charge is 0.480 e. The first-order valence-corrected chi connectivity index (χ1v) is 8.07. The molecule has 126 valence electrons. The third-order valence-corrected chi connectivity index (χ3v) is 4.18. The normalized spacial score (nSPS) is 17.9. The summed E-state index contributed by atoms with van der Waals surface area (Å²) in [6, 6.07) is 9.59. The first-order valence-electron chi connectivity index (χ1n) is 8.07. The van der Waals surface area contributed by atoms with Crippen LogP contribution in [0.25, 0.3) is 0 Å². The number of nitrogens with one attached hydrogen (secondary N) is 1. The van der Waals surface area contributed by atoms with E-state index in [9.17, 15) is 9.59 Å². The molecule has 1 amide bonds. The molecular formula is C17H25N3O3. The highest BCUT2D eigenvalue weighted by molar-refractivity contribution is 5.80. The van der Waals surface area contributed by atoms with Gasteiger partial charge < -0.3 is 15.3 Å². The molecule has 2 rings (SSSR count). The van der Waals surface area contributed by atoms with Crippen LogP contribution in [0.2, 0.25) is 0 Å². The van der Waals surface area contributed by atoms with Crippen molar-refractivity contribution in [2.24, 2.45) is 0 Å². The Morgan fingerprint density at radius 1 is 1.35 bits per heavy atom. The minimum Gasteiger partial charge on any atom is -0.480 e. The first kappa shape index (κ1) is 17.3. The number of carboxylic acid groups (broad SMARTS) is 1. The number of rotatable bonds is 8. The SMILES string of the molecule is CN(CCCNC(=O)CN1CCC[C@@H]1C(=O)O)c1ccccc1. The summed E-state index contributed by atoms with van der Waals surface area (Å²) < 4.78 is 0. The van der Waals surface area contributed by atoms with Gasteiger partial charge in [-0.05, 0) is 37.9 Å². The van der Waals surface area contributed by atoms with E-state index in [0.717, 1.165) is 25.1 Å². The maximum absolute atomic E-state index is 11.9. The van der Waals surface area contributed by atoms with E-state index in [4.69, 9.17) is 5.11 Å². The molecule has 1 heterocycles. The Balaban J connectivity index is 1.64. The summed E-state index contributed by atoms with van der Waals surface area (Å²) in [5.41, 5.74) is 1.15. The Labute approximate surface area is 137 Å². The number of nitrogens with zero attached hydrogens (tertiary/aromatic N) is 2. The van der Waals surface area contributed by atoms with E-state index in [1.165, 1.54) is 0 Å². The van der Waals surface area contributed by atoms with E-state index >= 15 is 0 Å². The molecule has 1 aliphatic heterocycles. The van der Waals surface area contributed by atoms with Gasteiger partial charge in [0.05, 0.1) is 6.54 Å². The van der Waals surface area contributed by atoms with Gasteiger partial charge in [-0.15, -0.1) is 0 Å². The average Bonchev–Trinajstić information content (AvgIpc) is 3.00. The number of carbonyl (C=O) groups is 2. The smallest absolute Gasteiger partial charge is 0.320 e. The van der Waals surface area contributed by atoms with Crippen LogP contribution in [0.3, 0.4) is 0 Å².